The van der Waals surface area contributed by atoms with E-state index >= 15 is 0 Å². The fourth-order valence-electron chi connectivity index (χ4n) is 3.04. The first kappa shape index (κ1) is 14.4. The molecule has 1 aromatic heterocycles. The van der Waals surface area contributed by atoms with Gasteiger partial charge in [0.2, 0.25) is 0 Å². The molecule has 0 radical (unpaired) electrons. The summed E-state index contributed by atoms with van der Waals surface area (Å²) in [5.41, 5.74) is 4.54. The van der Waals surface area contributed by atoms with Crippen molar-refractivity contribution in [2.24, 2.45) is 7.05 Å². The van der Waals surface area contributed by atoms with Crippen LogP contribution in [-0.4, -0.2) is 16.8 Å². The van der Waals surface area contributed by atoms with E-state index in [1.54, 1.807) is 4.68 Å². The molecule has 0 fully saturated rings. The molecule has 5 heteroatoms. The Hall–Kier alpha value is -1.52. The van der Waals surface area contributed by atoms with Gasteiger partial charge in [0.15, 0.2) is 0 Å². The maximum absolute atomic E-state index is 6.25. The topological polar surface area (TPSA) is 39.1 Å². The fraction of sp³-hybridized carbons (Fsp3) is 0.438. The number of nitrogens with one attached hydrogen (secondary N) is 1. The SMILES string of the molecule is CNC1CCc2c(OCc3c(C)nn(C)c3Cl)cccc21. The molecule has 1 aliphatic carbocycles. The molecule has 1 aromatic carbocycles. The van der Waals surface area contributed by atoms with Crippen molar-refractivity contribution in [2.75, 3.05) is 7.05 Å². The summed E-state index contributed by atoms with van der Waals surface area (Å²) < 4.78 is 7.72. The number of aryl methyl sites for hydroxylation is 2. The van der Waals surface area contributed by atoms with Crippen LogP contribution in [0.4, 0.5) is 0 Å². The lowest BCUT2D eigenvalue weighted by Crippen LogP contribution is -2.12. The van der Waals surface area contributed by atoms with Gasteiger partial charge in [0.25, 0.3) is 0 Å². The number of hydrogen-bond acceptors (Lipinski definition) is 3. The van der Waals surface area contributed by atoms with Crippen molar-refractivity contribution in [3.05, 3.63) is 45.7 Å². The number of halogens is 1. The number of rotatable bonds is 4. The van der Waals surface area contributed by atoms with Crippen molar-refractivity contribution in [3.8, 4) is 5.75 Å². The summed E-state index contributed by atoms with van der Waals surface area (Å²) in [5.74, 6) is 0.963. The Balaban J connectivity index is 1.82. The summed E-state index contributed by atoms with van der Waals surface area (Å²) in [6, 6.07) is 6.71. The highest BCUT2D eigenvalue weighted by molar-refractivity contribution is 6.30. The second-order valence-electron chi connectivity index (χ2n) is 5.47. The number of hydrogen-bond donors (Lipinski definition) is 1. The lowest BCUT2D eigenvalue weighted by molar-refractivity contribution is 0.302. The van der Waals surface area contributed by atoms with Crippen LogP contribution in [0.5, 0.6) is 5.75 Å². The van der Waals surface area contributed by atoms with Gasteiger partial charge < -0.3 is 10.1 Å². The van der Waals surface area contributed by atoms with Crippen LogP contribution in [0.25, 0.3) is 0 Å². The summed E-state index contributed by atoms with van der Waals surface area (Å²) in [5, 5.41) is 8.31. The Morgan fingerprint density at radius 2 is 2.29 bits per heavy atom. The maximum Gasteiger partial charge on any atom is 0.133 e. The Morgan fingerprint density at radius 1 is 1.48 bits per heavy atom. The van der Waals surface area contributed by atoms with Gasteiger partial charge in [0.1, 0.15) is 17.5 Å². The predicted molar refractivity (Wildman–Crippen MR) is 83.9 cm³/mol. The smallest absolute Gasteiger partial charge is 0.133 e. The molecule has 21 heavy (non-hydrogen) atoms. The first-order valence-electron chi connectivity index (χ1n) is 7.21. The summed E-state index contributed by atoms with van der Waals surface area (Å²) in [7, 11) is 3.85. The van der Waals surface area contributed by atoms with E-state index in [0.29, 0.717) is 17.8 Å². The Labute approximate surface area is 130 Å². The zero-order valence-electron chi connectivity index (χ0n) is 12.6. The van der Waals surface area contributed by atoms with E-state index in [1.165, 1.54) is 11.1 Å². The fourth-order valence-corrected chi connectivity index (χ4v) is 3.27. The van der Waals surface area contributed by atoms with E-state index in [9.17, 15) is 0 Å². The molecule has 1 unspecified atom stereocenters. The second kappa shape index (κ2) is 5.70. The van der Waals surface area contributed by atoms with E-state index in [0.717, 1.165) is 29.8 Å². The van der Waals surface area contributed by atoms with Crippen molar-refractivity contribution in [2.45, 2.75) is 32.4 Å². The molecular weight excluding hydrogens is 286 g/mol. The van der Waals surface area contributed by atoms with Gasteiger partial charge in [-0.15, -0.1) is 0 Å². The third-order valence-electron chi connectivity index (χ3n) is 4.22. The van der Waals surface area contributed by atoms with Gasteiger partial charge in [0.05, 0.1) is 5.69 Å². The van der Waals surface area contributed by atoms with E-state index in [2.05, 4.69) is 22.5 Å². The standard InChI is InChI=1S/C16H20ClN3O/c1-10-13(16(17)20(3)19-10)9-21-15-6-4-5-11-12(15)7-8-14(11)18-2/h4-6,14,18H,7-9H2,1-3H3. The minimum atomic E-state index is 0.437. The molecule has 3 rings (SSSR count). The van der Waals surface area contributed by atoms with Gasteiger partial charge in [-0.05, 0) is 44.0 Å². The normalized spacial score (nSPS) is 17.0. The van der Waals surface area contributed by atoms with Crippen LogP contribution in [0, 0.1) is 6.92 Å². The Kier molecular flexibility index (Phi) is 3.91. The van der Waals surface area contributed by atoms with Crippen molar-refractivity contribution >= 4 is 11.6 Å². The molecule has 1 atom stereocenters. The lowest BCUT2D eigenvalue weighted by atomic mass is 10.1. The summed E-state index contributed by atoms with van der Waals surface area (Å²) in [6.07, 6.45) is 2.18. The van der Waals surface area contributed by atoms with Gasteiger partial charge >= 0.3 is 0 Å². The van der Waals surface area contributed by atoms with Crippen molar-refractivity contribution in [1.82, 2.24) is 15.1 Å². The largest absolute Gasteiger partial charge is 0.488 e. The third-order valence-corrected chi connectivity index (χ3v) is 4.69. The Morgan fingerprint density at radius 3 is 2.95 bits per heavy atom. The molecule has 0 saturated carbocycles. The second-order valence-corrected chi connectivity index (χ2v) is 5.83. The molecule has 4 nitrogen and oxygen atoms in total. The zero-order valence-corrected chi connectivity index (χ0v) is 13.4. The van der Waals surface area contributed by atoms with Gasteiger partial charge in [-0.1, -0.05) is 23.7 Å². The summed E-state index contributed by atoms with van der Waals surface area (Å²) in [6.45, 7) is 2.41. The van der Waals surface area contributed by atoms with Crippen LogP contribution in [0.1, 0.15) is 34.8 Å². The number of benzene rings is 1. The minimum absolute atomic E-state index is 0.437. The van der Waals surface area contributed by atoms with Gasteiger partial charge in [-0.3, -0.25) is 4.68 Å². The molecule has 2 aromatic rings. The van der Waals surface area contributed by atoms with Crippen molar-refractivity contribution in [3.63, 3.8) is 0 Å². The molecule has 1 aliphatic rings. The van der Waals surface area contributed by atoms with Crippen LogP contribution in [0.2, 0.25) is 5.15 Å². The van der Waals surface area contributed by atoms with E-state index in [4.69, 9.17) is 16.3 Å². The molecule has 0 spiro atoms. The minimum Gasteiger partial charge on any atom is -0.488 e. The molecule has 1 N–H and O–H groups in total. The van der Waals surface area contributed by atoms with Gasteiger partial charge in [0, 0.05) is 18.7 Å². The van der Waals surface area contributed by atoms with Crippen molar-refractivity contribution < 1.29 is 4.74 Å². The molecule has 1 heterocycles. The van der Waals surface area contributed by atoms with Crippen LogP contribution in [0.3, 0.4) is 0 Å². The first-order valence-corrected chi connectivity index (χ1v) is 7.59. The van der Waals surface area contributed by atoms with Crippen LogP contribution in [0.15, 0.2) is 18.2 Å². The highest BCUT2D eigenvalue weighted by Crippen LogP contribution is 2.37. The molecule has 0 amide bonds. The number of aromatic nitrogens is 2. The van der Waals surface area contributed by atoms with Crippen LogP contribution in [-0.2, 0) is 20.1 Å². The maximum atomic E-state index is 6.25. The monoisotopic (exact) mass is 305 g/mol. The average Bonchev–Trinajstić information content (AvgIpc) is 3.00. The molecule has 112 valence electrons. The number of nitrogens with zero attached hydrogens (tertiary/aromatic N) is 2. The van der Waals surface area contributed by atoms with Crippen LogP contribution >= 0.6 is 11.6 Å². The van der Waals surface area contributed by atoms with Gasteiger partial charge in [-0.25, -0.2) is 0 Å². The number of ether oxygens (including phenoxy) is 1. The third kappa shape index (κ3) is 2.54. The molecule has 0 bridgehead atoms. The van der Waals surface area contributed by atoms with Gasteiger partial charge in [-0.2, -0.15) is 5.10 Å². The quantitative estimate of drug-likeness (QED) is 0.943. The van der Waals surface area contributed by atoms with E-state index in [1.807, 2.05) is 27.1 Å². The predicted octanol–water partition coefficient (Wildman–Crippen LogP) is 3.17. The van der Waals surface area contributed by atoms with E-state index in [-0.39, 0.29) is 0 Å². The zero-order chi connectivity index (χ0) is 15.0. The Bertz CT molecular complexity index is 666. The summed E-state index contributed by atoms with van der Waals surface area (Å²) in [4.78, 5) is 0. The molecule has 0 aliphatic heterocycles. The number of fused-ring (bicyclic) bond motifs is 1. The van der Waals surface area contributed by atoms with E-state index < -0.39 is 0 Å². The molecular formula is C16H20ClN3O. The average molecular weight is 306 g/mol. The van der Waals surface area contributed by atoms with Crippen LogP contribution < -0.4 is 10.1 Å². The molecule has 0 saturated heterocycles. The highest BCUT2D eigenvalue weighted by atomic mass is 35.5. The lowest BCUT2D eigenvalue weighted by Gasteiger charge is -2.13. The summed E-state index contributed by atoms with van der Waals surface area (Å²) >= 11 is 6.25. The highest BCUT2D eigenvalue weighted by Gasteiger charge is 2.24. The van der Waals surface area contributed by atoms with Crippen molar-refractivity contribution in [1.29, 1.82) is 0 Å². The first-order chi connectivity index (χ1) is 10.1.